The number of benzene rings is 2. The second kappa shape index (κ2) is 9.40. The molecule has 0 spiro atoms. The van der Waals surface area contributed by atoms with Gasteiger partial charge in [-0.05, 0) is 67.1 Å². The smallest absolute Gasteiger partial charge is 0.257 e. The van der Waals surface area contributed by atoms with Crippen LogP contribution in [0.2, 0.25) is 5.02 Å². The molecule has 164 valence electrons. The molecule has 0 saturated carbocycles. The lowest BCUT2D eigenvalue weighted by atomic mass is 9.89. The number of nitrogens with one attached hydrogen (secondary N) is 1. The third-order valence-corrected chi connectivity index (χ3v) is 6.24. The molecule has 7 heteroatoms. The van der Waals surface area contributed by atoms with E-state index in [-0.39, 0.29) is 16.8 Å². The number of anilines is 2. The summed E-state index contributed by atoms with van der Waals surface area (Å²) in [5, 5.41) is 3.14. The fourth-order valence-corrected chi connectivity index (χ4v) is 4.21. The Labute approximate surface area is 192 Å². The second-order valence-electron chi connectivity index (χ2n) is 8.07. The Morgan fingerprint density at radius 2 is 1.81 bits per heavy atom. The first-order valence-electron chi connectivity index (χ1n) is 10.6. The lowest BCUT2D eigenvalue weighted by molar-refractivity contribution is 0.0712. The number of rotatable bonds is 4. The molecule has 3 aromatic rings. The highest BCUT2D eigenvalue weighted by Gasteiger charge is 2.25. The quantitative estimate of drug-likeness (QED) is 0.556. The minimum absolute atomic E-state index is 0.0294. The molecule has 1 aliphatic rings. The number of aryl methyl sites for hydroxylation is 1. The van der Waals surface area contributed by atoms with Crippen LogP contribution in [0.15, 0.2) is 60.9 Å². The minimum atomic E-state index is -0.339. The summed E-state index contributed by atoms with van der Waals surface area (Å²) in [5.41, 5.74) is 10.2. The number of halogens is 1. The summed E-state index contributed by atoms with van der Waals surface area (Å²) in [6.45, 7) is 3.27. The molecular weight excluding hydrogens is 424 g/mol. The molecule has 0 unspecified atom stereocenters. The maximum Gasteiger partial charge on any atom is 0.257 e. The van der Waals surface area contributed by atoms with Crippen molar-refractivity contribution in [3.8, 4) is 0 Å². The van der Waals surface area contributed by atoms with Gasteiger partial charge in [0.15, 0.2) is 0 Å². The maximum absolute atomic E-state index is 13.1. The molecule has 1 saturated heterocycles. The molecule has 0 bridgehead atoms. The van der Waals surface area contributed by atoms with Gasteiger partial charge < -0.3 is 16.0 Å². The third kappa shape index (κ3) is 4.75. The molecule has 1 fully saturated rings. The Hall–Kier alpha value is -3.38. The van der Waals surface area contributed by atoms with Gasteiger partial charge in [-0.15, -0.1) is 0 Å². The fourth-order valence-electron chi connectivity index (χ4n) is 4.01. The van der Waals surface area contributed by atoms with E-state index in [0.717, 1.165) is 24.1 Å². The Bertz CT molecular complexity index is 1140. The summed E-state index contributed by atoms with van der Waals surface area (Å²) in [7, 11) is 0. The van der Waals surface area contributed by atoms with Gasteiger partial charge in [-0.3, -0.25) is 14.6 Å². The van der Waals surface area contributed by atoms with Gasteiger partial charge in [-0.2, -0.15) is 0 Å². The molecule has 32 heavy (non-hydrogen) atoms. The molecule has 4 rings (SSSR count). The van der Waals surface area contributed by atoms with Crippen LogP contribution in [-0.2, 0) is 0 Å². The predicted molar refractivity (Wildman–Crippen MR) is 127 cm³/mol. The molecule has 2 heterocycles. The van der Waals surface area contributed by atoms with Crippen LogP contribution in [0.3, 0.4) is 0 Å². The van der Waals surface area contributed by atoms with E-state index in [9.17, 15) is 9.59 Å². The van der Waals surface area contributed by atoms with Crippen molar-refractivity contribution in [2.75, 3.05) is 24.1 Å². The molecular formula is C25H25ClN4O2. The van der Waals surface area contributed by atoms with Crippen molar-refractivity contribution in [2.45, 2.75) is 25.7 Å². The van der Waals surface area contributed by atoms with E-state index >= 15 is 0 Å². The van der Waals surface area contributed by atoms with Crippen LogP contribution in [0, 0.1) is 6.92 Å². The number of nitrogen functional groups attached to an aromatic ring is 1. The van der Waals surface area contributed by atoms with Crippen LogP contribution in [0.4, 0.5) is 11.4 Å². The van der Waals surface area contributed by atoms with E-state index in [4.69, 9.17) is 17.3 Å². The largest absolute Gasteiger partial charge is 0.399 e. The Kier molecular flexibility index (Phi) is 6.42. The van der Waals surface area contributed by atoms with E-state index in [1.54, 1.807) is 18.2 Å². The van der Waals surface area contributed by atoms with Gasteiger partial charge in [0.1, 0.15) is 0 Å². The first-order valence-corrected chi connectivity index (χ1v) is 11.0. The SMILES string of the molecule is Cc1ccc(C(=O)N2CCC(c3ccc(N)cc3)CC2)cc1NC(=O)c1ccncc1Cl. The van der Waals surface area contributed by atoms with E-state index in [1.807, 2.05) is 30.0 Å². The molecule has 1 aromatic heterocycles. The van der Waals surface area contributed by atoms with E-state index in [2.05, 4.69) is 22.4 Å². The topological polar surface area (TPSA) is 88.3 Å². The van der Waals surface area contributed by atoms with Crippen LogP contribution in [0.25, 0.3) is 0 Å². The number of hydrogen-bond donors (Lipinski definition) is 2. The standard InChI is InChI=1S/C25H25ClN4O2/c1-16-2-3-19(14-23(16)29-24(31)21-8-11-28-15-22(21)26)25(32)30-12-9-18(10-13-30)17-4-6-20(27)7-5-17/h2-8,11,14-15,18H,9-10,12-13,27H2,1H3,(H,29,31). The highest BCUT2D eigenvalue weighted by molar-refractivity contribution is 6.34. The molecule has 0 aliphatic carbocycles. The first-order chi connectivity index (χ1) is 15.4. The van der Waals surface area contributed by atoms with Crippen molar-refractivity contribution in [3.05, 3.63) is 88.2 Å². The number of pyridine rings is 1. The van der Waals surface area contributed by atoms with Crippen molar-refractivity contribution in [2.24, 2.45) is 0 Å². The van der Waals surface area contributed by atoms with E-state index in [1.165, 1.54) is 18.0 Å². The van der Waals surface area contributed by atoms with Crippen LogP contribution in [0.1, 0.15) is 50.6 Å². The van der Waals surface area contributed by atoms with Gasteiger partial charge in [0, 0.05) is 42.4 Å². The summed E-state index contributed by atoms with van der Waals surface area (Å²) in [5.74, 6) is 0.0604. The van der Waals surface area contributed by atoms with E-state index in [0.29, 0.717) is 35.8 Å². The van der Waals surface area contributed by atoms with Gasteiger partial charge in [0.05, 0.1) is 10.6 Å². The zero-order valence-corrected chi connectivity index (χ0v) is 18.6. The Morgan fingerprint density at radius 1 is 1.09 bits per heavy atom. The normalized spacial score (nSPS) is 14.2. The second-order valence-corrected chi connectivity index (χ2v) is 8.48. The highest BCUT2D eigenvalue weighted by atomic mass is 35.5. The maximum atomic E-state index is 13.1. The number of aromatic nitrogens is 1. The fraction of sp³-hybridized carbons (Fsp3) is 0.240. The monoisotopic (exact) mass is 448 g/mol. The number of carbonyl (C=O) groups excluding carboxylic acids is 2. The summed E-state index contributed by atoms with van der Waals surface area (Å²) in [6.07, 6.45) is 4.76. The van der Waals surface area contributed by atoms with Crippen molar-refractivity contribution in [1.82, 2.24) is 9.88 Å². The number of piperidine rings is 1. The van der Waals surface area contributed by atoms with Crippen molar-refractivity contribution >= 4 is 34.8 Å². The Balaban J connectivity index is 1.44. The predicted octanol–water partition coefficient (Wildman–Crippen LogP) is 4.90. The van der Waals surface area contributed by atoms with Gasteiger partial charge >= 0.3 is 0 Å². The van der Waals surface area contributed by atoms with Crippen molar-refractivity contribution in [1.29, 1.82) is 0 Å². The molecule has 3 N–H and O–H groups in total. The zero-order chi connectivity index (χ0) is 22.7. The lowest BCUT2D eigenvalue weighted by Crippen LogP contribution is -2.38. The summed E-state index contributed by atoms with van der Waals surface area (Å²) < 4.78 is 0. The molecule has 6 nitrogen and oxygen atoms in total. The molecule has 0 atom stereocenters. The molecule has 0 radical (unpaired) electrons. The zero-order valence-electron chi connectivity index (χ0n) is 17.8. The van der Waals surface area contributed by atoms with Crippen LogP contribution in [0.5, 0.6) is 0 Å². The van der Waals surface area contributed by atoms with Crippen LogP contribution >= 0.6 is 11.6 Å². The number of nitrogens with zero attached hydrogens (tertiary/aromatic N) is 2. The van der Waals surface area contributed by atoms with Crippen molar-refractivity contribution < 1.29 is 9.59 Å². The van der Waals surface area contributed by atoms with Crippen LogP contribution < -0.4 is 11.1 Å². The van der Waals surface area contributed by atoms with Gasteiger partial charge in [0.2, 0.25) is 0 Å². The third-order valence-electron chi connectivity index (χ3n) is 5.94. The highest BCUT2D eigenvalue weighted by Crippen LogP contribution is 2.29. The van der Waals surface area contributed by atoms with Gasteiger partial charge in [-0.25, -0.2) is 0 Å². The molecule has 2 aromatic carbocycles. The van der Waals surface area contributed by atoms with Gasteiger partial charge in [0.25, 0.3) is 11.8 Å². The average Bonchev–Trinajstić information content (AvgIpc) is 2.81. The Morgan fingerprint density at radius 3 is 2.50 bits per heavy atom. The first kappa shape index (κ1) is 21.8. The number of nitrogens with two attached hydrogens (primary N) is 1. The average molecular weight is 449 g/mol. The summed E-state index contributed by atoms with van der Waals surface area (Å²) in [6, 6.07) is 14.9. The number of hydrogen-bond acceptors (Lipinski definition) is 4. The minimum Gasteiger partial charge on any atom is -0.399 e. The van der Waals surface area contributed by atoms with E-state index < -0.39 is 0 Å². The number of carbonyl (C=O) groups is 2. The molecule has 2 amide bonds. The number of likely N-dealkylation sites (tertiary alicyclic amines) is 1. The van der Waals surface area contributed by atoms with Crippen molar-refractivity contribution in [3.63, 3.8) is 0 Å². The van der Waals surface area contributed by atoms with Crippen LogP contribution in [-0.4, -0.2) is 34.8 Å². The molecule has 1 aliphatic heterocycles. The number of amides is 2. The lowest BCUT2D eigenvalue weighted by Gasteiger charge is -2.32. The summed E-state index contributed by atoms with van der Waals surface area (Å²) in [4.78, 5) is 31.5. The summed E-state index contributed by atoms with van der Waals surface area (Å²) >= 11 is 6.08. The van der Waals surface area contributed by atoms with Gasteiger partial charge in [-0.1, -0.05) is 29.8 Å².